The number of benzene rings is 1. The number of hydrogen-bond acceptors (Lipinski definition) is 6. The van der Waals surface area contributed by atoms with Crippen LogP contribution in [0.3, 0.4) is 0 Å². The quantitative estimate of drug-likeness (QED) is 0.691. The number of piperidine rings is 1. The fourth-order valence-electron chi connectivity index (χ4n) is 4.60. The van der Waals surface area contributed by atoms with E-state index in [4.69, 9.17) is 4.42 Å². The van der Waals surface area contributed by atoms with Crippen molar-refractivity contribution in [2.75, 3.05) is 46.3 Å². The molecule has 2 aromatic rings. The first-order valence-electron chi connectivity index (χ1n) is 10.7. The number of carbonyl (C=O) groups excluding carboxylic acids is 1. The van der Waals surface area contributed by atoms with Gasteiger partial charge in [-0.1, -0.05) is 13.8 Å². The van der Waals surface area contributed by atoms with Gasteiger partial charge in [-0.15, -0.1) is 0 Å². The molecule has 0 unspecified atom stereocenters. The van der Waals surface area contributed by atoms with Gasteiger partial charge in [0.25, 0.3) is 0 Å². The van der Waals surface area contributed by atoms with E-state index in [-0.39, 0.29) is 22.9 Å². The Morgan fingerprint density at radius 1 is 1.10 bits per heavy atom. The Kier molecular flexibility index (Phi) is 5.97. The topological polar surface area (TPSA) is 96.1 Å². The molecule has 0 N–H and O–H groups in total. The van der Waals surface area contributed by atoms with Crippen molar-refractivity contribution in [2.45, 2.75) is 31.7 Å². The smallest absolute Gasteiger partial charge is 0.408 e. The van der Waals surface area contributed by atoms with Crippen molar-refractivity contribution in [3.8, 4) is 0 Å². The highest BCUT2D eigenvalue weighted by Crippen LogP contribution is 2.28. The highest BCUT2D eigenvalue weighted by atomic mass is 32.2. The summed E-state index contributed by atoms with van der Waals surface area (Å²) in [6, 6.07) is 4.45. The molecule has 0 bridgehead atoms. The monoisotopic (exact) mass is 450 g/mol. The minimum atomic E-state index is -3.69. The Morgan fingerprint density at radius 2 is 1.74 bits per heavy atom. The zero-order chi connectivity index (χ0) is 22.3. The van der Waals surface area contributed by atoms with Gasteiger partial charge in [0.2, 0.25) is 15.9 Å². The predicted molar refractivity (Wildman–Crippen MR) is 116 cm³/mol. The number of rotatable bonds is 4. The number of sulfonamides is 1. The SMILES string of the molecule is C[C@@H]1C[C@@H](C)CN(S(=O)(=O)c2ccc3c(c2)oc(=O)n3CC(=O)N2CCN(C)CC2)C1. The number of likely N-dealkylation sites (N-methyl/N-ethyl adjacent to an activating group) is 1. The average Bonchev–Trinajstić information content (AvgIpc) is 3.02. The Balaban J connectivity index is 1.58. The maximum Gasteiger partial charge on any atom is 0.420 e. The van der Waals surface area contributed by atoms with E-state index in [9.17, 15) is 18.0 Å². The van der Waals surface area contributed by atoms with Gasteiger partial charge < -0.3 is 14.2 Å². The van der Waals surface area contributed by atoms with E-state index in [1.165, 1.54) is 21.0 Å². The molecule has 31 heavy (non-hydrogen) atoms. The zero-order valence-electron chi connectivity index (χ0n) is 18.3. The van der Waals surface area contributed by atoms with E-state index in [1.54, 1.807) is 11.0 Å². The van der Waals surface area contributed by atoms with E-state index in [0.29, 0.717) is 43.5 Å². The fraction of sp³-hybridized carbons (Fsp3) is 0.619. The van der Waals surface area contributed by atoms with Crippen LogP contribution >= 0.6 is 0 Å². The highest BCUT2D eigenvalue weighted by Gasteiger charge is 2.32. The summed E-state index contributed by atoms with van der Waals surface area (Å²) in [6.07, 6.45) is 1.00. The van der Waals surface area contributed by atoms with Crippen molar-refractivity contribution in [3.05, 3.63) is 28.7 Å². The Bertz CT molecular complexity index is 1120. The maximum absolute atomic E-state index is 13.2. The molecule has 0 saturated carbocycles. The molecular weight excluding hydrogens is 420 g/mol. The van der Waals surface area contributed by atoms with Gasteiger partial charge in [0.15, 0.2) is 5.58 Å². The third kappa shape index (κ3) is 4.42. The summed E-state index contributed by atoms with van der Waals surface area (Å²) in [7, 11) is -1.68. The predicted octanol–water partition coefficient (Wildman–Crippen LogP) is 1.04. The first kappa shape index (κ1) is 22.0. The number of nitrogens with zero attached hydrogens (tertiary/aromatic N) is 4. The van der Waals surface area contributed by atoms with Crippen molar-refractivity contribution < 1.29 is 17.6 Å². The lowest BCUT2D eigenvalue weighted by Gasteiger charge is -2.34. The summed E-state index contributed by atoms with van der Waals surface area (Å²) in [5.74, 6) is -0.221. The van der Waals surface area contributed by atoms with Crippen LogP contribution < -0.4 is 5.76 Å². The standard InChI is InChI=1S/C21H30N4O5S/c1-15-10-16(2)13-24(12-15)31(28,29)17-4-5-18-19(11-17)30-21(27)25(18)14-20(26)23-8-6-22(3)7-9-23/h4-5,11,15-16H,6-10,12-14H2,1-3H3/t15-,16-/m1/s1. The second-order valence-electron chi connectivity index (χ2n) is 9.04. The van der Waals surface area contributed by atoms with Gasteiger partial charge in [0, 0.05) is 45.3 Å². The van der Waals surface area contributed by atoms with Gasteiger partial charge in [-0.3, -0.25) is 9.36 Å². The first-order chi connectivity index (χ1) is 14.6. The van der Waals surface area contributed by atoms with Gasteiger partial charge in [-0.25, -0.2) is 13.2 Å². The van der Waals surface area contributed by atoms with Crippen LogP contribution in [0.2, 0.25) is 0 Å². The van der Waals surface area contributed by atoms with Gasteiger partial charge in [0.05, 0.1) is 10.4 Å². The summed E-state index contributed by atoms with van der Waals surface area (Å²) in [4.78, 5) is 29.1. The van der Waals surface area contributed by atoms with Crippen LogP contribution in [-0.4, -0.2) is 79.3 Å². The normalized spacial score (nSPS) is 24.0. The maximum atomic E-state index is 13.2. The number of hydrogen-bond donors (Lipinski definition) is 0. The molecule has 3 heterocycles. The number of amides is 1. The third-order valence-electron chi connectivity index (χ3n) is 6.26. The van der Waals surface area contributed by atoms with E-state index >= 15 is 0 Å². The Labute approximate surface area is 182 Å². The van der Waals surface area contributed by atoms with E-state index in [2.05, 4.69) is 18.7 Å². The minimum absolute atomic E-state index is 0.104. The Morgan fingerprint density at radius 3 is 2.39 bits per heavy atom. The molecule has 1 aromatic heterocycles. The number of oxazole rings is 1. The van der Waals surface area contributed by atoms with Gasteiger partial charge in [0.1, 0.15) is 6.54 Å². The van der Waals surface area contributed by atoms with Crippen LogP contribution in [0.5, 0.6) is 0 Å². The molecule has 2 atom stereocenters. The molecular formula is C21H30N4O5S. The molecule has 1 aromatic carbocycles. The van der Waals surface area contributed by atoms with Crippen LogP contribution in [-0.2, 0) is 21.4 Å². The fourth-order valence-corrected chi connectivity index (χ4v) is 6.29. The Hall–Kier alpha value is -2.17. The van der Waals surface area contributed by atoms with Gasteiger partial charge in [-0.2, -0.15) is 4.31 Å². The molecule has 9 nitrogen and oxygen atoms in total. The third-order valence-corrected chi connectivity index (χ3v) is 8.09. The zero-order valence-corrected chi connectivity index (χ0v) is 19.1. The lowest BCUT2D eigenvalue weighted by atomic mass is 9.94. The largest absolute Gasteiger partial charge is 0.420 e. The lowest BCUT2D eigenvalue weighted by Crippen LogP contribution is -2.48. The van der Waals surface area contributed by atoms with Crippen molar-refractivity contribution in [1.29, 1.82) is 0 Å². The molecule has 2 aliphatic heterocycles. The van der Waals surface area contributed by atoms with Crippen LogP contribution in [0.1, 0.15) is 20.3 Å². The second-order valence-corrected chi connectivity index (χ2v) is 11.0. The number of fused-ring (bicyclic) bond motifs is 1. The molecule has 0 aliphatic carbocycles. The van der Waals surface area contributed by atoms with Gasteiger partial charge in [-0.05, 0) is 37.4 Å². The minimum Gasteiger partial charge on any atom is -0.408 e. The molecule has 0 radical (unpaired) electrons. The van der Waals surface area contributed by atoms with E-state index < -0.39 is 15.8 Å². The second kappa shape index (κ2) is 8.40. The van der Waals surface area contributed by atoms with Crippen molar-refractivity contribution in [1.82, 2.24) is 18.7 Å². The lowest BCUT2D eigenvalue weighted by molar-refractivity contribution is -0.133. The van der Waals surface area contributed by atoms with Crippen LogP contribution in [0, 0.1) is 11.8 Å². The number of carbonyl (C=O) groups is 1. The summed E-state index contributed by atoms with van der Waals surface area (Å²) in [6.45, 7) is 7.77. The van der Waals surface area contributed by atoms with Crippen LogP contribution in [0.25, 0.3) is 11.1 Å². The molecule has 1 amide bonds. The molecule has 10 heteroatoms. The van der Waals surface area contributed by atoms with E-state index in [1.807, 2.05) is 7.05 Å². The number of aromatic nitrogens is 1. The van der Waals surface area contributed by atoms with Crippen molar-refractivity contribution >= 4 is 27.0 Å². The van der Waals surface area contributed by atoms with Crippen LogP contribution in [0.4, 0.5) is 0 Å². The molecule has 0 spiro atoms. The van der Waals surface area contributed by atoms with Crippen molar-refractivity contribution in [3.63, 3.8) is 0 Å². The van der Waals surface area contributed by atoms with E-state index in [0.717, 1.165) is 19.5 Å². The average molecular weight is 451 g/mol. The summed E-state index contributed by atoms with van der Waals surface area (Å²) in [5, 5.41) is 0. The molecule has 4 rings (SSSR count). The van der Waals surface area contributed by atoms with Gasteiger partial charge >= 0.3 is 5.76 Å². The highest BCUT2D eigenvalue weighted by molar-refractivity contribution is 7.89. The summed E-state index contributed by atoms with van der Waals surface area (Å²) in [5.41, 5.74) is 0.599. The number of piperazine rings is 1. The molecule has 2 fully saturated rings. The molecule has 2 aliphatic rings. The molecule has 2 saturated heterocycles. The van der Waals surface area contributed by atoms with Crippen LogP contribution in [0.15, 0.2) is 32.3 Å². The van der Waals surface area contributed by atoms with Crippen molar-refractivity contribution in [2.24, 2.45) is 11.8 Å². The summed E-state index contributed by atoms with van der Waals surface area (Å²) >= 11 is 0. The summed E-state index contributed by atoms with van der Waals surface area (Å²) < 4.78 is 34.4. The first-order valence-corrected chi connectivity index (χ1v) is 12.2. The molecule has 170 valence electrons.